The van der Waals surface area contributed by atoms with Crippen LogP contribution in [0.25, 0.3) is 11.1 Å². The molecule has 1 heterocycles. The van der Waals surface area contributed by atoms with Gasteiger partial charge in [-0.15, -0.1) is 0 Å². The number of carboxylic acids is 1. The van der Waals surface area contributed by atoms with Crippen molar-refractivity contribution in [2.75, 3.05) is 6.61 Å². The van der Waals surface area contributed by atoms with Crippen molar-refractivity contribution in [3.05, 3.63) is 53.6 Å². The summed E-state index contributed by atoms with van der Waals surface area (Å²) >= 11 is 0. The summed E-state index contributed by atoms with van der Waals surface area (Å²) in [5.41, 5.74) is 3.04. The van der Waals surface area contributed by atoms with Crippen LogP contribution < -0.4 is 4.74 Å². The lowest BCUT2D eigenvalue weighted by Crippen LogP contribution is -2.60. The molecular weight excluding hydrogens is 392 g/mol. The molecule has 162 valence electrons. The van der Waals surface area contributed by atoms with Gasteiger partial charge in [0.05, 0.1) is 13.0 Å². The number of carboxylic acid groups (broad SMARTS) is 1. The zero-order valence-corrected chi connectivity index (χ0v) is 16.5. The molecule has 2 aromatic rings. The smallest absolute Gasteiger partial charge is 0.307 e. The van der Waals surface area contributed by atoms with Crippen LogP contribution >= 0.6 is 0 Å². The van der Waals surface area contributed by atoms with E-state index in [1.807, 2.05) is 25.1 Å². The van der Waals surface area contributed by atoms with Gasteiger partial charge in [-0.25, -0.2) is 0 Å². The number of ether oxygens (including phenoxy) is 2. The third-order valence-corrected chi connectivity index (χ3v) is 5.14. The minimum atomic E-state index is -1.54. The fraction of sp³-hybridized carbons (Fsp3) is 0.409. The monoisotopic (exact) mass is 418 g/mol. The van der Waals surface area contributed by atoms with Gasteiger partial charge in [0.15, 0.2) is 0 Å². The van der Waals surface area contributed by atoms with Gasteiger partial charge < -0.3 is 35.0 Å². The largest absolute Gasteiger partial charge is 0.481 e. The first-order valence-corrected chi connectivity index (χ1v) is 9.75. The van der Waals surface area contributed by atoms with E-state index in [0.29, 0.717) is 16.9 Å². The predicted molar refractivity (Wildman–Crippen MR) is 107 cm³/mol. The second-order valence-corrected chi connectivity index (χ2v) is 7.27. The molecule has 1 aliphatic rings. The molecule has 0 unspecified atom stereocenters. The molecule has 0 aromatic heterocycles. The minimum Gasteiger partial charge on any atom is -0.481 e. The summed E-state index contributed by atoms with van der Waals surface area (Å²) in [4.78, 5) is 11.1. The van der Waals surface area contributed by atoms with Crippen LogP contribution in [0.3, 0.4) is 0 Å². The first-order chi connectivity index (χ1) is 14.3. The number of carbonyl (C=O) groups is 1. The average Bonchev–Trinajstić information content (AvgIpc) is 2.74. The van der Waals surface area contributed by atoms with Crippen LogP contribution in [0, 0.1) is 0 Å². The van der Waals surface area contributed by atoms with E-state index < -0.39 is 43.3 Å². The van der Waals surface area contributed by atoms with Crippen molar-refractivity contribution in [3.63, 3.8) is 0 Å². The van der Waals surface area contributed by atoms with Gasteiger partial charge in [0.2, 0.25) is 6.29 Å². The Balaban J connectivity index is 1.95. The summed E-state index contributed by atoms with van der Waals surface area (Å²) in [5.74, 6) is -0.587. The van der Waals surface area contributed by atoms with Gasteiger partial charge in [0, 0.05) is 5.56 Å². The number of hydrogen-bond donors (Lipinski definition) is 5. The molecule has 0 radical (unpaired) electrons. The molecule has 8 heteroatoms. The lowest BCUT2D eigenvalue weighted by Gasteiger charge is -2.39. The first-order valence-electron chi connectivity index (χ1n) is 9.75. The van der Waals surface area contributed by atoms with Gasteiger partial charge in [-0.2, -0.15) is 0 Å². The minimum absolute atomic E-state index is 0.121. The third kappa shape index (κ3) is 4.80. The molecular formula is C22H26O8. The van der Waals surface area contributed by atoms with Gasteiger partial charge in [0.25, 0.3) is 0 Å². The molecule has 8 nitrogen and oxygen atoms in total. The van der Waals surface area contributed by atoms with E-state index in [1.54, 1.807) is 24.3 Å². The lowest BCUT2D eigenvalue weighted by atomic mass is 9.97. The van der Waals surface area contributed by atoms with E-state index in [9.17, 15) is 25.2 Å². The molecule has 3 rings (SSSR count). The Morgan fingerprint density at radius 1 is 1.03 bits per heavy atom. The number of rotatable bonds is 7. The fourth-order valence-electron chi connectivity index (χ4n) is 3.44. The van der Waals surface area contributed by atoms with Crippen molar-refractivity contribution >= 4 is 5.97 Å². The molecule has 1 saturated heterocycles. The highest BCUT2D eigenvalue weighted by molar-refractivity contribution is 5.74. The topological polar surface area (TPSA) is 137 Å². The highest BCUT2D eigenvalue weighted by Gasteiger charge is 2.44. The van der Waals surface area contributed by atoms with Crippen molar-refractivity contribution in [3.8, 4) is 16.9 Å². The van der Waals surface area contributed by atoms with Crippen LogP contribution in [-0.2, 0) is 22.4 Å². The highest BCUT2D eigenvalue weighted by Crippen LogP contribution is 2.34. The number of aliphatic hydroxyl groups is 4. The van der Waals surface area contributed by atoms with Crippen LogP contribution in [0.1, 0.15) is 18.1 Å². The summed E-state index contributed by atoms with van der Waals surface area (Å²) in [6.07, 6.45) is -6.29. The van der Waals surface area contributed by atoms with Crippen LogP contribution in [0.5, 0.6) is 5.75 Å². The summed E-state index contributed by atoms with van der Waals surface area (Å²) in [5, 5.41) is 48.7. The number of hydrogen-bond acceptors (Lipinski definition) is 7. The van der Waals surface area contributed by atoms with E-state index in [4.69, 9.17) is 14.6 Å². The zero-order chi connectivity index (χ0) is 21.8. The maximum absolute atomic E-state index is 11.1. The van der Waals surface area contributed by atoms with Crippen molar-refractivity contribution in [2.24, 2.45) is 0 Å². The summed E-state index contributed by atoms with van der Waals surface area (Å²) in [6, 6.07) is 12.5. The van der Waals surface area contributed by atoms with E-state index in [1.165, 1.54) is 0 Å². The molecule has 5 atom stereocenters. The van der Waals surface area contributed by atoms with Gasteiger partial charge >= 0.3 is 5.97 Å². The van der Waals surface area contributed by atoms with Crippen LogP contribution in [0.4, 0.5) is 0 Å². The SMILES string of the molecule is CCc1ccc(O[C@H]2O[C@H](CO)[C@@H](O)[C@H](O)[C@@H]2O)c(-c2cccc(CC(=O)O)c2)c1. The molecule has 2 aromatic carbocycles. The molecule has 0 aliphatic carbocycles. The normalized spacial score (nSPS) is 26.4. The second kappa shape index (κ2) is 9.55. The number of aliphatic hydroxyl groups excluding tert-OH is 4. The Hall–Kier alpha value is -2.49. The first kappa shape index (κ1) is 22.2. The van der Waals surface area contributed by atoms with E-state index in [-0.39, 0.29) is 6.42 Å². The third-order valence-electron chi connectivity index (χ3n) is 5.14. The van der Waals surface area contributed by atoms with Gasteiger partial charge in [-0.05, 0) is 35.2 Å². The Kier molecular flexibility index (Phi) is 7.06. The second-order valence-electron chi connectivity index (χ2n) is 7.27. The molecule has 30 heavy (non-hydrogen) atoms. The molecule has 1 fully saturated rings. The Morgan fingerprint density at radius 3 is 2.47 bits per heavy atom. The van der Waals surface area contributed by atoms with Crippen LogP contribution in [-0.4, -0.2) is 68.8 Å². The van der Waals surface area contributed by atoms with Gasteiger partial charge in [-0.3, -0.25) is 4.79 Å². The molecule has 0 saturated carbocycles. The van der Waals surface area contributed by atoms with E-state index in [2.05, 4.69) is 0 Å². The van der Waals surface area contributed by atoms with Gasteiger partial charge in [0.1, 0.15) is 30.2 Å². The summed E-state index contributed by atoms with van der Waals surface area (Å²) in [7, 11) is 0. The van der Waals surface area contributed by atoms with Crippen molar-refractivity contribution in [1.29, 1.82) is 0 Å². The molecule has 0 spiro atoms. The number of benzene rings is 2. The Morgan fingerprint density at radius 2 is 1.80 bits per heavy atom. The lowest BCUT2D eigenvalue weighted by molar-refractivity contribution is -0.277. The highest BCUT2D eigenvalue weighted by atomic mass is 16.7. The average molecular weight is 418 g/mol. The van der Waals surface area contributed by atoms with Crippen LogP contribution in [0.2, 0.25) is 0 Å². The predicted octanol–water partition coefficient (Wildman–Crippen LogP) is 0.722. The fourth-order valence-corrected chi connectivity index (χ4v) is 3.44. The quantitative estimate of drug-likeness (QED) is 0.444. The summed E-state index contributed by atoms with van der Waals surface area (Å²) in [6.45, 7) is 1.45. The van der Waals surface area contributed by atoms with E-state index >= 15 is 0 Å². The zero-order valence-electron chi connectivity index (χ0n) is 16.5. The maximum atomic E-state index is 11.1. The standard InChI is InChI=1S/C22H26O8/c1-2-12-6-7-16(29-22-21(28)20(27)19(26)17(11-23)30-22)15(9-12)14-5-3-4-13(8-14)10-18(24)25/h3-9,17,19-23,26-28H,2,10-11H2,1H3,(H,24,25)/t17-,19-,20+,21+,22+/m1/s1. The van der Waals surface area contributed by atoms with Gasteiger partial charge in [-0.1, -0.05) is 37.3 Å². The molecule has 1 aliphatic heterocycles. The van der Waals surface area contributed by atoms with Crippen LogP contribution in [0.15, 0.2) is 42.5 Å². The molecule has 0 amide bonds. The maximum Gasteiger partial charge on any atom is 0.307 e. The Bertz CT molecular complexity index is 881. The Labute approximate surface area is 173 Å². The molecule has 0 bridgehead atoms. The van der Waals surface area contributed by atoms with Crippen molar-refractivity contribution < 1.29 is 39.8 Å². The van der Waals surface area contributed by atoms with E-state index in [0.717, 1.165) is 17.5 Å². The summed E-state index contributed by atoms with van der Waals surface area (Å²) < 4.78 is 11.3. The molecule has 5 N–H and O–H groups in total. The van der Waals surface area contributed by atoms with Crippen molar-refractivity contribution in [1.82, 2.24) is 0 Å². The number of aryl methyl sites for hydroxylation is 1. The van der Waals surface area contributed by atoms with Crippen molar-refractivity contribution in [2.45, 2.75) is 50.5 Å². The number of aliphatic carboxylic acids is 1.